The summed E-state index contributed by atoms with van der Waals surface area (Å²) in [5, 5.41) is 3.28. The summed E-state index contributed by atoms with van der Waals surface area (Å²) in [6, 6.07) is 7.90. The van der Waals surface area contributed by atoms with Crippen molar-refractivity contribution in [1.82, 2.24) is 20.0 Å². The number of benzene rings is 1. The number of aromatic amines is 1. The number of H-pyrrole nitrogens is 1. The van der Waals surface area contributed by atoms with Crippen molar-refractivity contribution in [2.24, 2.45) is 5.92 Å². The monoisotopic (exact) mass is 377 g/mol. The molecule has 2 fully saturated rings. The number of sulfonamides is 1. The van der Waals surface area contributed by atoms with E-state index < -0.39 is 10.0 Å². The molecule has 0 amide bonds. The van der Waals surface area contributed by atoms with Crippen molar-refractivity contribution in [3.05, 3.63) is 24.3 Å². The van der Waals surface area contributed by atoms with Crippen molar-refractivity contribution >= 4 is 27.0 Å². The van der Waals surface area contributed by atoms with Gasteiger partial charge in [0.1, 0.15) is 0 Å². The standard InChI is InChI=1S/C18H27N5O2S/c24-26(25,13-14-7-9-19-10-8-14)22-15-4-3-11-23(12-15)18-20-16-5-1-2-6-17(16)21-18/h1-2,5-6,14-15,19,22H,3-4,7-13H2,(H,20,21). The second-order valence-electron chi connectivity index (χ2n) is 7.46. The van der Waals surface area contributed by atoms with Crippen LogP contribution in [0, 0.1) is 5.92 Å². The molecule has 0 aliphatic carbocycles. The van der Waals surface area contributed by atoms with Crippen LogP contribution in [0.15, 0.2) is 24.3 Å². The zero-order chi connectivity index (χ0) is 18.0. The largest absolute Gasteiger partial charge is 0.341 e. The maximum absolute atomic E-state index is 12.6. The van der Waals surface area contributed by atoms with Crippen LogP contribution in [0.1, 0.15) is 25.7 Å². The summed E-state index contributed by atoms with van der Waals surface area (Å²) in [7, 11) is -3.25. The fourth-order valence-electron chi connectivity index (χ4n) is 4.02. The Hall–Kier alpha value is -1.64. The average Bonchev–Trinajstić information content (AvgIpc) is 3.06. The third-order valence-electron chi connectivity index (χ3n) is 5.36. The van der Waals surface area contributed by atoms with Gasteiger partial charge < -0.3 is 15.2 Å². The summed E-state index contributed by atoms with van der Waals surface area (Å²) in [6.07, 6.45) is 3.72. The van der Waals surface area contributed by atoms with Crippen molar-refractivity contribution < 1.29 is 8.42 Å². The Morgan fingerprint density at radius 2 is 2.00 bits per heavy atom. The van der Waals surface area contributed by atoms with E-state index in [9.17, 15) is 8.42 Å². The Morgan fingerprint density at radius 3 is 2.81 bits per heavy atom. The smallest absolute Gasteiger partial charge is 0.212 e. The summed E-state index contributed by atoms with van der Waals surface area (Å²) in [5.74, 6) is 1.34. The lowest BCUT2D eigenvalue weighted by Crippen LogP contribution is -2.49. The summed E-state index contributed by atoms with van der Waals surface area (Å²) in [5.41, 5.74) is 1.95. The van der Waals surface area contributed by atoms with Crippen molar-refractivity contribution in [3.8, 4) is 0 Å². The number of piperidine rings is 2. The van der Waals surface area contributed by atoms with Gasteiger partial charge in [0, 0.05) is 19.1 Å². The molecule has 4 rings (SSSR count). The quantitative estimate of drug-likeness (QED) is 0.734. The number of nitrogens with zero attached hydrogens (tertiary/aromatic N) is 2. The van der Waals surface area contributed by atoms with Gasteiger partial charge in [0.15, 0.2) is 0 Å². The van der Waals surface area contributed by atoms with Gasteiger partial charge in [0.25, 0.3) is 0 Å². The molecule has 7 nitrogen and oxygen atoms in total. The molecule has 2 saturated heterocycles. The van der Waals surface area contributed by atoms with Crippen molar-refractivity contribution in [2.45, 2.75) is 31.7 Å². The number of para-hydroxylation sites is 2. The molecule has 1 aromatic carbocycles. The Morgan fingerprint density at radius 1 is 1.19 bits per heavy atom. The predicted octanol–water partition coefficient (Wildman–Crippen LogP) is 1.45. The summed E-state index contributed by atoms with van der Waals surface area (Å²) in [4.78, 5) is 10.1. The molecule has 2 aliphatic heterocycles. The third-order valence-corrected chi connectivity index (χ3v) is 6.96. The van der Waals surface area contributed by atoms with Gasteiger partial charge in [-0.15, -0.1) is 0 Å². The highest BCUT2D eigenvalue weighted by Gasteiger charge is 2.28. The van der Waals surface area contributed by atoms with Gasteiger partial charge in [0.2, 0.25) is 16.0 Å². The molecule has 26 heavy (non-hydrogen) atoms. The molecule has 142 valence electrons. The molecule has 0 spiro atoms. The Bertz CT molecular complexity index is 811. The molecule has 0 bridgehead atoms. The van der Waals surface area contributed by atoms with Gasteiger partial charge in [-0.05, 0) is 56.8 Å². The van der Waals surface area contributed by atoms with Crippen LogP contribution in [0.3, 0.4) is 0 Å². The van der Waals surface area contributed by atoms with Crippen molar-refractivity contribution in [3.63, 3.8) is 0 Å². The van der Waals surface area contributed by atoms with Gasteiger partial charge >= 0.3 is 0 Å². The van der Waals surface area contributed by atoms with Crippen molar-refractivity contribution in [2.75, 3.05) is 36.8 Å². The molecule has 2 aliphatic rings. The minimum absolute atomic E-state index is 0.0522. The number of hydrogen-bond donors (Lipinski definition) is 3. The summed E-state index contributed by atoms with van der Waals surface area (Å²) in [6.45, 7) is 3.39. The Kier molecular flexibility index (Phi) is 5.15. The topological polar surface area (TPSA) is 90.1 Å². The van der Waals surface area contributed by atoms with Crippen LogP contribution >= 0.6 is 0 Å². The van der Waals surface area contributed by atoms with Crippen LogP contribution < -0.4 is 14.9 Å². The first-order valence-corrected chi connectivity index (χ1v) is 11.1. The van der Waals surface area contributed by atoms with E-state index in [1.165, 1.54) is 0 Å². The van der Waals surface area contributed by atoms with E-state index in [-0.39, 0.29) is 17.7 Å². The van der Waals surface area contributed by atoms with Gasteiger partial charge in [-0.3, -0.25) is 0 Å². The number of imidazole rings is 1. The highest BCUT2D eigenvalue weighted by molar-refractivity contribution is 7.89. The van der Waals surface area contributed by atoms with E-state index in [0.717, 1.165) is 62.3 Å². The molecule has 0 radical (unpaired) electrons. The van der Waals surface area contributed by atoms with Crippen molar-refractivity contribution in [1.29, 1.82) is 0 Å². The lowest BCUT2D eigenvalue weighted by atomic mass is 10.0. The van der Waals surface area contributed by atoms with E-state index in [0.29, 0.717) is 6.54 Å². The van der Waals surface area contributed by atoms with E-state index in [1.807, 2.05) is 24.3 Å². The fourth-order valence-corrected chi connectivity index (χ4v) is 5.77. The number of aromatic nitrogens is 2. The van der Waals surface area contributed by atoms with Crippen LogP contribution in [-0.2, 0) is 10.0 Å². The molecular weight excluding hydrogens is 350 g/mol. The number of hydrogen-bond acceptors (Lipinski definition) is 5. The lowest BCUT2D eigenvalue weighted by molar-refractivity contribution is 0.396. The van der Waals surface area contributed by atoms with E-state index in [1.54, 1.807) is 0 Å². The highest BCUT2D eigenvalue weighted by Crippen LogP contribution is 2.21. The predicted molar refractivity (Wildman–Crippen MR) is 104 cm³/mol. The first kappa shape index (κ1) is 17.8. The lowest BCUT2D eigenvalue weighted by Gasteiger charge is -2.33. The highest BCUT2D eigenvalue weighted by atomic mass is 32.2. The van der Waals surface area contributed by atoms with Crippen LogP contribution in [0.5, 0.6) is 0 Å². The average molecular weight is 378 g/mol. The molecule has 8 heteroatoms. The summed E-state index contributed by atoms with van der Waals surface area (Å²) >= 11 is 0. The Labute approximate surface area is 154 Å². The van der Waals surface area contributed by atoms with Crippen LogP contribution in [0.25, 0.3) is 11.0 Å². The number of anilines is 1. The molecule has 3 N–H and O–H groups in total. The fraction of sp³-hybridized carbons (Fsp3) is 0.611. The molecule has 2 aromatic rings. The minimum Gasteiger partial charge on any atom is -0.341 e. The maximum Gasteiger partial charge on any atom is 0.212 e. The molecular formula is C18H27N5O2S. The van der Waals surface area contributed by atoms with Crippen LogP contribution in [-0.4, -0.2) is 56.4 Å². The van der Waals surface area contributed by atoms with E-state index >= 15 is 0 Å². The van der Waals surface area contributed by atoms with Gasteiger partial charge in [-0.2, -0.15) is 0 Å². The molecule has 1 atom stereocenters. The Balaban J connectivity index is 1.39. The van der Waals surface area contributed by atoms with E-state index in [2.05, 4.69) is 24.9 Å². The maximum atomic E-state index is 12.6. The molecule has 0 saturated carbocycles. The molecule has 3 heterocycles. The molecule has 1 aromatic heterocycles. The summed E-state index contributed by atoms with van der Waals surface area (Å²) < 4.78 is 28.1. The zero-order valence-electron chi connectivity index (χ0n) is 14.9. The minimum atomic E-state index is -3.25. The number of rotatable bonds is 5. The molecule has 1 unspecified atom stereocenters. The second-order valence-corrected chi connectivity index (χ2v) is 9.25. The first-order chi connectivity index (χ1) is 12.6. The van der Waals surface area contributed by atoms with Gasteiger partial charge in [-0.25, -0.2) is 18.1 Å². The van der Waals surface area contributed by atoms with Gasteiger partial charge in [-0.1, -0.05) is 12.1 Å². The first-order valence-electron chi connectivity index (χ1n) is 9.49. The second kappa shape index (κ2) is 7.54. The zero-order valence-corrected chi connectivity index (χ0v) is 15.8. The third kappa shape index (κ3) is 4.19. The number of fused-ring (bicyclic) bond motifs is 1. The van der Waals surface area contributed by atoms with E-state index in [4.69, 9.17) is 0 Å². The van der Waals surface area contributed by atoms with Gasteiger partial charge in [0.05, 0.1) is 16.8 Å². The van der Waals surface area contributed by atoms with Crippen LogP contribution in [0.4, 0.5) is 5.95 Å². The number of nitrogens with one attached hydrogen (secondary N) is 3. The SMILES string of the molecule is O=S(=O)(CC1CCNCC1)NC1CCCN(c2nc3ccccc3[nH]2)C1. The van der Waals surface area contributed by atoms with Crippen LogP contribution in [0.2, 0.25) is 0 Å². The normalized spacial score (nSPS) is 22.8.